The van der Waals surface area contributed by atoms with E-state index in [1.165, 1.54) is 10.9 Å². The third kappa shape index (κ3) is 1.26. The van der Waals surface area contributed by atoms with Gasteiger partial charge in [0.2, 0.25) is 0 Å². The maximum Gasteiger partial charge on any atom is 0.291 e. The standard InChI is InChI=1S/C9H9N3O/c1-7-4-2-3-5-8(7)12-9(13)6-10-11-12/h2-6,11H,1H3. The Morgan fingerprint density at radius 2 is 2.15 bits per heavy atom. The van der Waals surface area contributed by atoms with Gasteiger partial charge in [0, 0.05) is 0 Å². The van der Waals surface area contributed by atoms with Crippen LogP contribution in [0, 0.1) is 6.92 Å². The normalized spacial score (nSPS) is 10.2. The van der Waals surface area contributed by atoms with Gasteiger partial charge in [-0.05, 0) is 18.6 Å². The Balaban J connectivity index is 2.66. The Kier molecular flexibility index (Phi) is 1.73. The number of aryl methyl sites for hydroxylation is 1. The van der Waals surface area contributed by atoms with Gasteiger partial charge in [-0.2, -0.15) is 5.10 Å². The van der Waals surface area contributed by atoms with Crippen LogP contribution in [0.5, 0.6) is 0 Å². The maximum absolute atomic E-state index is 11.2. The Hall–Kier alpha value is -1.84. The minimum Gasteiger partial charge on any atom is -0.266 e. The number of hydrogen-bond acceptors (Lipinski definition) is 2. The van der Waals surface area contributed by atoms with Gasteiger partial charge < -0.3 is 0 Å². The van der Waals surface area contributed by atoms with E-state index >= 15 is 0 Å². The van der Waals surface area contributed by atoms with Crippen LogP contribution in [-0.2, 0) is 0 Å². The number of para-hydroxylation sites is 1. The number of aromatic amines is 1. The van der Waals surface area contributed by atoms with Gasteiger partial charge >= 0.3 is 0 Å². The molecule has 0 radical (unpaired) electrons. The van der Waals surface area contributed by atoms with E-state index in [4.69, 9.17) is 0 Å². The summed E-state index contributed by atoms with van der Waals surface area (Å²) in [5, 5.41) is 6.28. The Morgan fingerprint density at radius 1 is 1.38 bits per heavy atom. The van der Waals surface area contributed by atoms with Crippen LogP contribution in [0.3, 0.4) is 0 Å². The van der Waals surface area contributed by atoms with Gasteiger partial charge in [-0.15, -0.1) is 0 Å². The van der Waals surface area contributed by atoms with Crippen LogP contribution in [0.1, 0.15) is 5.56 Å². The fourth-order valence-corrected chi connectivity index (χ4v) is 1.24. The van der Waals surface area contributed by atoms with Gasteiger partial charge in [-0.1, -0.05) is 18.2 Å². The molecule has 0 unspecified atom stereocenters. The van der Waals surface area contributed by atoms with Gasteiger partial charge in [0.05, 0.1) is 5.69 Å². The zero-order valence-corrected chi connectivity index (χ0v) is 7.19. The molecule has 0 aliphatic rings. The zero-order valence-electron chi connectivity index (χ0n) is 7.19. The lowest BCUT2D eigenvalue weighted by molar-refractivity contribution is 0.781. The van der Waals surface area contributed by atoms with Crippen LogP contribution in [0.25, 0.3) is 5.69 Å². The van der Waals surface area contributed by atoms with Crippen molar-refractivity contribution in [1.29, 1.82) is 0 Å². The van der Waals surface area contributed by atoms with Crippen molar-refractivity contribution in [1.82, 2.24) is 15.0 Å². The summed E-state index contributed by atoms with van der Waals surface area (Å²) in [6.45, 7) is 1.95. The van der Waals surface area contributed by atoms with Crippen LogP contribution in [0.4, 0.5) is 0 Å². The molecule has 4 nitrogen and oxygen atoms in total. The summed E-state index contributed by atoms with van der Waals surface area (Å²) in [4.78, 5) is 11.2. The highest BCUT2D eigenvalue weighted by molar-refractivity contribution is 5.38. The van der Waals surface area contributed by atoms with Gasteiger partial charge in [-0.25, -0.2) is 9.90 Å². The highest BCUT2D eigenvalue weighted by Gasteiger charge is 2.02. The molecule has 1 heterocycles. The van der Waals surface area contributed by atoms with Crippen LogP contribution >= 0.6 is 0 Å². The summed E-state index contributed by atoms with van der Waals surface area (Å²) in [6.07, 6.45) is 1.26. The number of hydrogen-bond donors (Lipinski definition) is 1. The predicted octanol–water partition coefficient (Wildman–Crippen LogP) is 0.869. The third-order valence-electron chi connectivity index (χ3n) is 1.91. The van der Waals surface area contributed by atoms with Crippen molar-refractivity contribution in [3.8, 4) is 5.69 Å². The van der Waals surface area contributed by atoms with E-state index in [-0.39, 0.29) is 5.56 Å². The van der Waals surface area contributed by atoms with Crippen molar-refractivity contribution in [2.45, 2.75) is 6.92 Å². The molecule has 1 aromatic carbocycles. The van der Waals surface area contributed by atoms with Gasteiger partial charge in [0.15, 0.2) is 0 Å². The molecule has 0 bridgehead atoms. The Bertz CT molecular complexity index is 469. The molecule has 0 aliphatic carbocycles. The van der Waals surface area contributed by atoms with E-state index in [9.17, 15) is 4.79 Å². The van der Waals surface area contributed by atoms with Gasteiger partial charge in [-0.3, -0.25) is 4.79 Å². The van der Waals surface area contributed by atoms with E-state index in [1.807, 2.05) is 31.2 Å². The second kappa shape index (κ2) is 2.90. The minimum atomic E-state index is -0.144. The first-order chi connectivity index (χ1) is 6.29. The number of aromatic nitrogens is 3. The summed E-state index contributed by atoms with van der Waals surface area (Å²) in [7, 11) is 0. The Labute approximate surface area is 74.8 Å². The lowest BCUT2D eigenvalue weighted by atomic mass is 10.2. The first-order valence-corrected chi connectivity index (χ1v) is 3.97. The first-order valence-electron chi connectivity index (χ1n) is 3.97. The van der Waals surface area contributed by atoms with Crippen LogP contribution in [0.2, 0.25) is 0 Å². The molecule has 1 aromatic heterocycles. The molecule has 1 N–H and O–H groups in total. The number of rotatable bonds is 1. The van der Waals surface area contributed by atoms with E-state index in [2.05, 4.69) is 10.3 Å². The van der Waals surface area contributed by atoms with Crippen molar-refractivity contribution < 1.29 is 0 Å². The van der Waals surface area contributed by atoms with Crippen LogP contribution in [-0.4, -0.2) is 15.0 Å². The SMILES string of the molecule is Cc1ccccc1-n1[nH]ncc1=O. The van der Waals surface area contributed by atoms with Crippen molar-refractivity contribution in [2.75, 3.05) is 0 Å². The molecule has 0 saturated carbocycles. The summed E-state index contributed by atoms with van der Waals surface area (Å²) >= 11 is 0. The molecule has 0 fully saturated rings. The Morgan fingerprint density at radius 3 is 2.77 bits per heavy atom. The molecule has 0 spiro atoms. The minimum absolute atomic E-state index is 0.144. The molecule has 4 heteroatoms. The number of nitrogens with one attached hydrogen (secondary N) is 1. The highest BCUT2D eigenvalue weighted by atomic mass is 16.1. The number of benzene rings is 1. The zero-order chi connectivity index (χ0) is 9.26. The van der Waals surface area contributed by atoms with Gasteiger partial charge in [0.25, 0.3) is 5.56 Å². The fraction of sp³-hybridized carbons (Fsp3) is 0.111. The van der Waals surface area contributed by atoms with E-state index in [0.717, 1.165) is 11.3 Å². The van der Waals surface area contributed by atoms with Crippen molar-refractivity contribution in [2.24, 2.45) is 0 Å². The number of nitrogens with zero attached hydrogens (tertiary/aromatic N) is 2. The maximum atomic E-state index is 11.2. The van der Waals surface area contributed by atoms with E-state index in [0.29, 0.717) is 0 Å². The molecule has 2 aromatic rings. The molecule has 0 saturated heterocycles. The summed E-state index contributed by atoms with van der Waals surface area (Å²) in [5.74, 6) is 0. The average Bonchev–Trinajstić information content (AvgIpc) is 2.52. The molecule has 66 valence electrons. The van der Waals surface area contributed by atoms with E-state index < -0.39 is 0 Å². The van der Waals surface area contributed by atoms with Crippen LogP contribution in [0.15, 0.2) is 35.3 Å². The molecule has 0 amide bonds. The second-order valence-corrected chi connectivity index (χ2v) is 2.82. The molecule has 2 rings (SSSR count). The van der Waals surface area contributed by atoms with Crippen molar-refractivity contribution >= 4 is 0 Å². The lowest BCUT2D eigenvalue weighted by Crippen LogP contribution is -2.14. The highest BCUT2D eigenvalue weighted by Crippen LogP contribution is 2.08. The third-order valence-corrected chi connectivity index (χ3v) is 1.91. The van der Waals surface area contributed by atoms with Crippen LogP contribution < -0.4 is 5.56 Å². The topological polar surface area (TPSA) is 50.7 Å². The van der Waals surface area contributed by atoms with Gasteiger partial charge in [0.1, 0.15) is 6.20 Å². The quantitative estimate of drug-likeness (QED) is 0.699. The summed E-state index contributed by atoms with van der Waals surface area (Å²) in [6, 6.07) is 7.63. The predicted molar refractivity (Wildman–Crippen MR) is 48.9 cm³/mol. The first kappa shape index (κ1) is 7.79. The number of H-pyrrole nitrogens is 1. The van der Waals surface area contributed by atoms with Crippen molar-refractivity contribution in [3.05, 3.63) is 46.4 Å². The van der Waals surface area contributed by atoms with E-state index in [1.54, 1.807) is 0 Å². The molecule has 0 atom stereocenters. The van der Waals surface area contributed by atoms with Crippen molar-refractivity contribution in [3.63, 3.8) is 0 Å². The molecular formula is C9H9N3O. The fourth-order valence-electron chi connectivity index (χ4n) is 1.24. The molecular weight excluding hydrogens is 166 g/mol. The second-order valence-electron chi connectivity index (χ2n) is 2.82. The molecule has 0 aliphatic heterocycles. The smallest absolute Gasteiger partial charge is 0.266 e. The monoisotopic (exact) mass is 175 g/mol. The molecule has 13 heavy (non-hydrogen) atoms. The largest absolute Gasteiger partial charge is 0.291 e. The average molecular weight is 175 g/mol. The summed E-state index contributed by atoms with van der Waals surface area (Å²) in [5.41, 5.74) is 1.73. The summed E-state index contributed by atoms with van der Waals surface area (Å²) < 4.78 is 1.41. The lowest BCUT2D eigenvalue weighted by Gasteiger charge is -2.03.